The number of aryl methyl sites for hydroxylation is 2. The Morgan fingerprint density at radius 2 is 1.54 bits per heavy atom. The average Bonchev–Trinajstić information content (AvgIpc) is 3.22. The van der Waals surface area contributed by atoms with Crippen LogP contribution in [0.25, 0.3) is 5.69 Å². The minimum atomic E-state index is -0.420. The summed E-state index contributed by atoms with van der Waals surface area (Å²) in [7, 11) is 0. The number of nitrogens with one attached hydrogen (secondary N) is 2. The molecule has 0 saturated heterocycles. The van der Waals surface area contributed by atoms with Crippen LogP contribution in [-0.4, -0.2) is 16.4 Å². The van der Waals surface area contributed by atoms with E-state index >= 15 is 0 Å². The molecule has 2 heterocycles. The van der Waals surface area contributed by atoms with Gasteiger partial charge in [-0.15, -0.1) is 0 Å². The van der Waals surface area contributed by atoms with Crippen molar-refractivity contribution in [1.82, 2.24) is 15.4 Å². The molecule has 1 aromatic carbocycles. The maximum Gasteiger partial charge on any atom is 0.273 e. The first kappa shape index (κ1) is 15.6. The zero-order valence-corrected chi connectivity index (χ0v) is 13.4. The largest absolute Gasteiger partial charge is 0.466 e. The number of hydrazine groups is 1. The summed E-state index contributed by atoms with van der Waals surface area (Å²) >= 11 is 0. The van der Waals surface area contributed by atoms with E-state index in [0.717, 1.165) is 5.69 Å². The Morgan fingerprint density at radius 3 is 2.17 bits per heavy atom. The highest BCUT2D eigenvalue weighted by atomic mass is 16.3. The Bertz CT molecular complexity index is 879. The van der Waals surface area contributed by atoms with Crippen LogP contribution in [0.4, 0.5) is 0 Å². The van der Waals surface area contributed by atoms with Crippen LogP contribution in [0.15, 0.2) is 59.3 Å². The third kappa shape index (κ3) is 3.08. The number of hydrogen-bond acceptors (Lipinski definition) is 3. The van der Waals surface area contributed by atoms with Crippen LogP contribution in [0.1, 0.15) is 32.2 Å². The topological polar surface area (TPSA) is 76.3 Å². The SMILES string of the molecule is Cc1cc(C(=O)NNC(=O)c2ccccc2-n2cccc2)c(C)o1. The average molecular weight is 323 g/mol. The van der Waals surface area contributed by atoms with Crippen LogP contribution in [0.3, 0.4) is 0 Å². The van der Waals surface area contributed by atoms with Gasteiger partial charge in [-0.1, -0.05) is 12.1 Å². The number of carbonyl (C=O) groups is 2. The molecule has 0 bridgehead atoms. The number of nitrogens with zero attached hydrogens (tertiary/aromatic N) is 1. The van der Waals surface area contributed by atoms with Crippen LogP contribution in [0, 0.1) is 13.8 Å². The van der Waals surface area contributed by atoms with Crippen molar-refractivity contribution in [3.05, 3.63) is 77.5 Å². The molecule has 24 heavy (non-hydrogen) atoms. The van der Waals surface area contributed by atoms with Gasteiger partial charge in [0.25, 0.3) is 11.8 Å². The standard InChI is InChI=1S/C18H17N3O3/c1-12-11-15(13(2)24-12)18(23)20-19-17(22)14-7-3-4-8-16(14)21-9-5-6-10-21/h3-11H,1-2H3,(H,19,22)(H,20,23). The van der Waals surface area contributed by atoms with Crippen molar-refractivity contribution in [2.24, 2.45) is 0 Å². The van der Waals surface area contributed by atoms with Crippen molar-refractivity contribution in [3.63, 3.8) is 0 Å². The predicted octanol–water partition coefficient (Wildman–Crippen LogP) is 2.76. The van der Waals surface area contributed by atoms with E-state index in [9.17, 15) is 9.59 Å². The molecule has 122 valence electrons. The van der Waals surface area contributed by atoms with Gasteiger partial charge < -0.3 is 8.98 Å². The van der Waals surface area contributed by atoms with E-state index in [-0.39, 0.29) is 0 Å². The molecule has 0 atom stereocenters. The molecule has 0 unspecified atom stereocenters. The van der Waals surface area contributed by atoms with Gasteiger partial charge in [-0.25, -0.2) is 0 Å². The van der Waals surface area contributed by atoms with Crippen LogP contribution >= 0.6 is 0 Å². The minimum Gasteiger partial charge on any atom is -0.466 e. The predicted molar refractivity (Wildman–Crippen MR) is 88.9 cm³/mol. The van der Waals surface area contributed by atoms with Crippen LogP contribution in [0.2, 0.25) is 0 Å². The van der Waals surface area contributed by atoms with E-state index in [1.807, 2.05) is 41.2 Å². The summed E-state index contributed by atoms with van der Waals surface area (Å²) in [6.45, 7) is 3.46. The van der Waals surface area contributed by atoms with Crippen LogP contribution in [0.5, 0.6) is 0 Å². The highest BCUT2D eigenvalue weighted by molar-refractivity contribution is 6.01. The fraction of sp³-hybridized carbons (Fsp3) is 0.111. The second-order valence-corrected chi connectivity index (χ2v) is 5.34. The van der Waals surface area contributed by atoms with Crippen molar-refractivity contribution in [2.75, 3.05) is 0 Å². The monoisotopic (exact) mass is 323 g/mol. The normalized spacial score (nSPS) is 10.4. The summed E-state index contributed by atoms with van der Waals surface area (Å²) in [5.41, 5.74) is 6.43. The van der Waals surface area contributed by atoms with Gasteiger partial charge in [0.2, 0.25) is 0 Å². The first-order valence-electron chi connectivity index (χ1n) is 7.46. The minimum absolute atomic E-state index is 0.395. The molecule has 0 aliphatic carbocycles. The number of amides is 2. The summed E-state index contributed by atoms with van der Waals surface area (Å²) in [6, 6.07) is 12.5. The van der Waals surface area contributed by atoms with Gasteiger partial charge in [0.1, 0.15) is 11.5 Å². The molecular weight excluding hydrogens is 306 g/mol. The Balaban J connectivity index is 1.74. The third-order valence-corrected chi connectivity index (χ3v) is 3.61. The molecule has 3 aromatic rings. The fourth-order valence-corrected chi connectivity index (χ4v) is 2.49. The van der Waals surface area contributed by atoms with Gasteiger partial charge in [-0.3, -0.25) is 20.4 Å². The van der Waals surface area contributed by atoms with Gasteiger partial charge in [-0.05, 0) is 44.2 Å². The first-order chi connectivity index (χ1) is 11.6. The highest BCUT2D eigenvalue weighted by Crippen LogP contribution is 2.15. The van der Waals surface area contributed by atoms with Crippen molar-refractivity contribution < 1.29 is 14.0 Å². The van der Waals surface area contributed by atoms with Crippen molar-refractivity contribution in [2.45, 2.75) is 13.8 Å². The summed E-state index contributed by atoms with van der Waals surface area (Å²) in [5, 5.41) is 0. The third-order valence-electron chi connectivity index (χ3n) is 3.61. The number of furan rings is 1. The number of para-hydroxylation sites is 1. The van der Waals surface area contributed by atoms with Gasteiger partial charge in [0, 0.05) is 12.4 Å². The van der Waals surface area contributed by atoms with Gasteiger partial charge in [0.15, 0.2) is 0 Å². The van der Waals surface area contributed by atoms with Crippen molar-refractivity contribution in [3.8, 4) is 5.69 Å². The van der Waals surface area contributed by atoms with Gasteiger partial charge in [-0.2, -0.15) is 0 Å². The van der Waals surface area contributed by atoms with E-state index in [4.69, 9.17) is 4.42 Å². The summed E-state index contributed by atoms with van der Waals surface area (Å²) in [6.07, 6.45) is 3.70. The Morgan fingerprint density at radius 1 is 0.917 bits per heavy atom. The lowest BCUT2D eigenvalue weighted by Gasteiger charge is -2.11. The number of benzene rings is 1. The van der Waals surface area contributed by atoms with Gasteiger partial charge >= 0.3 is 0 Å². The zero-order valence-electron chi connectivity index (χ0n) is 13.4. The maximum atomic E-state index is 12.4. The molecule has 0 spiro atoms. The molecular formula is C18H17N3O3. The summed E-state index contributed by atoms with van der Waals surface area (Å²) in [5.74, 6) is 0.329. The van der Waals surface area contributed by atoms with E-state index in [1.54, 1.807) is 32.0 Å². The fourth-order valence-electron chi connectivity index (χ4n) is 2.49. The van der Waals surface area contributed by atoms with E-state index in [2.05, 4.69) is 10.9 Å². The molecule has 0 radical (unpaired) electrons. The number of rotatable bonds is 3. The number of hydrogen-bond donors (Lipinski definition) is 2. The number of aromatic nitrogens is 1. The van der Waals surface area contributed by atoms with Crippen LogP contribution < -0.4 is 10.9 Å². The van der Waals surface area contributed by atoms with Crippen molar-refractivity contribution >= 4 is 11.8 Å². The molecule has 6 nitrogen and oxygen atoms in total. The lowest BCUT2D eigenvalue weighted by Crippen LogP contribution is -2.42. The van der Waals surface area contributed by atoms with E-state index in [0.29, 0.717) is 22.6 Å². The molecule has 0 fully saturated rings. The summed E-state index contributed by atoms with van der Waals surface area (Å²) in [4.78, 5) is 24.6. The first-order valence-corrected chi connectivity index (χ1v) is 7.46. The van der Waals surface area contributed by atoms with Gasteiger partial charge in [0.05, 0.1) is 16.8 Å². The Kier molecular flexibility index (Phi) is 4.20. The molecule has 6 heteroatoms. The Hall–Kier alpha value is -3.28. The second-order valence-electron chi connectivity index (χ2n) is 5.34. The summed E-state index contributed by atoms with van der Waals surface area (Å²) < 4.78 is 7.15. The zero-order chi connectivity index (χ0) is 17.1. The van der Waals surface area contributed by atoms with E-state index < -0.39 is 11.8 Å². The highest BCUT2D eigenvalue weighted by Gasteiger charge is 2.16. The second kappa shape index (κ2) is 6.45. The molecule has 0 saturated carbocycles. The molecule has 3 rings (SSSR count). The van der Waals surface area contributed by atoms with Crippen LogP contribution in [-0.2, 0) is 0 Å². The number of carbonyl (C=O) groups excluding carboxylic acids is 2. The maximum absolute atomic E-state index is 12.4. The molecule has 2 N–H and O–H groups in total. The quantitative estimate of drug-likeness (QED) is 0.728. The molecule has 0 aliphatic rings. The lowest BCUT2D eigenvalue weighted by molar-refractivity contribution is 0.0845. The van der Waals surface area contributed by atoms with E-state index in [1.165, 1.54) is 0 Å². The lowest BCUT2D eigenvalue weighted by atomic mass is 10.1. The molecule has 2 aromatic heterocycles. The molecule has 2 amide bonds. The Labute approximate surface area is 139 Å². The molecule has 0 aliphatic heterocycles. The van der Waals surface area contributed by atoms with Crippen molar-refractivity contribution in [1.29, 1.82) is 0 Å². The smallest absolute Gasteiger partial charge is 0.273 e.